The lowest BCUT2D eigenvalue weighted by Crippen LogP contribution is -2.39. The van der Waals surface area contributed by atoms with E-state index >= 15 is 0 Å². The normalized spacial score (nSPS) is 17.1. The van der Waals surface area contributed by atoms with Gasteiger partial charge in [0.1, 0.15) is 0 Å². The van der Waals surface area contributed by atoms with Crippen molar-refractivity contribution in [3.63, 3.8) is 0 Å². The summed E-state index contributed by atoms with van der Waals surface area (Å²) in [6, 6.07) is 12.7. The molecule has 2 aromatic carbocycles. The van der Waals surface area contributed by atoms with Crippen molar-refractivity contribution in [3.8, 4) is 11.5 Å². The molecule has 0 aliphatic carbocycles. The molecule has 168 valence electrons. The van der Waals surface area contributed by atoms with Crippen molar-refractivity contribution in [1.82, 2.24) is 4.57 Å². The first-order valence-electron chi connectivity index (χ1n) is 10.3. The molecule has 0 bridgehead atoms. The van der Waals surface area contributed by atoms with Gasteiger partial charge in [-0.1, -0.05) is 29.5 Å². The van der Waals surface area contributed by atoms with E-state index in [1.807, 2.05) is 36.4 Å². The molecule has 0 saturated heterocycles. The minimum atomic E-state index is -0.686. The van der Waals surface area contributed by atoms with Gasteiger partial charge in [0.15, 0.2) is 16.3 Å². The summed E-state index contributed by atoms with van der Waals surface area (Å²) in [6.07, 6.45) is 1.85. The van der Waals surface area contributed by atoms with E-state index in [2.05, 4.69) is 27.6 Å². The second-order valence-corrected chi connectivity index (χ2v) is 9.72. The van der Waals surface area contributed by atoms with Crippen LogP contribution in [0.2, 0.25) is 0 Å². The summed E-state index contributed by atoms with van der Waals surface area (Å²) in [6.45, 7) is 3.87. The van der Waals surface area contributed by atoms with Gasteiger partial charge in [-0.2, -0.15) is 0 Å². The van der Waals surface area contributed by atoms with Crippen LogP contribution in [0.5, 0.6) is 11.5 Å². The summed E-state index contributed by atoms with van der Waals surface area (Å²) in [4.78, 5) is 31.7. The Hall–Kier alpha value is -2.92. The fourth-order valence-electron chi connectivity index (χ4n) is 3.90. The Morgan fingerprint density at radius 2 is 2.00 bits per heavy atom. The summed E-state index contributed by atoms with van der Waals surface area (Å²) < 4.78 is 19.5. The Morgan fingerprint density at radius 1 is 1.24 bits per heavy atom. The molecule has 0 radical (unpaired) electrons. The number of aromatic nitrogens is 1. The standard InChI is InChI=1S/C24H19IN2O5S/c1-3-30-23(29)20-13(2)26-24-27(21(20)15-6-9-17-18(11-15)32-12-31-17)22(28)19(33-24)10-14-4-7-16(25)8-5-14/h4-11,21H,3,12H2,1-2H3/b19-10+/t21-/m1/s1. The van der Waals surface area contributed by atoms with E-state index in [-0.39, 0.29) is 19.0 Å². The van der Waals surface area contributed by atoms with Crippen LogP contribution in [0.3, 0.4) is 0 Å². The van der Waals surface area contributed by atoms with Crippen LogP contribution in [0.25, 0.3) is 6.08 Å². The van der Waals surface area contributed by atoms with Crippen LogP contribution in [0.15, 0.2) is 63.5 Å². The van der Waals surface area contributed by atoms with Crippen molar-refractivity contribution in [3.05, 3.63) is 88.1 Å². The zero-order valence-corrected chi connectivity index (χ0v) is 20.8. The molecule has 9 heteroatoms. The summed E-state index contributed by atoms with van der Waals surface area (Å²) in [7, 11) is 0. The van der Waals surface area contributed by atoms with Crippen LogP contribution in [-0.4, -0.2) is 23.9 Å². The second kappa shape index (κ2) is 8.79. The van der Waals surface area contributed by atoms with Crippen molar-refractivity contribution in [1.29, 1.82) is 0 Å². The smallest absolute Gasteiger partial charge is 0.338 e. The number of halogens is 1. The molecule has 2 aliphatic rings. The SMILES string of the molecule is CCOC(=O)C1=C(C)N=c2s/c(=C/c3ccc(I)cc3)c(=O)n2[C@@H]1c1ccc2c(c1)OCO2. The lowest BCUT2D eigenvalue weighted by atomic mass is 9.95. The number of ether oxygens (including phenoxy) is 3. The quantitative estimate of drug-likeness (QED) is 0.354. The molecule has 1 aromatic heterocycles. The third-order valence-corrected chi connectivity index (χ3v) is 7.10. The number of allylic oxidation sites excluding steroid dienone is 1. The van der Waals surface area contributed by atoms with Crippen molar-refractivity contribution in [2.24, 2.45) is 4.99 Å². The molecule has 0 saturated carbocycles. The third kappa shape index (κ3) is 3.99. The lowest BCUT2D eigenvalue weighted by molar-refractivity contribution is -0.139. The van der Waals surface area contributed by atoms with Gasteiger partial charge in [0, 0.05) is 3.57 Å². The molecule has 7 nitrogen and oxygen atoms in total. The predicted octanol–water partition coefficient (Wildman–Crippen LogP) is 3.13. The van der Waals surface area contributed by atoms with E-state index in [0.717, 1.165) is 14.7 Å². The molecule has 0 N–H and O–H groups in total. The fraction of sp³-hybridized carbons (Fsp3) is 0.208. The van der Waals surface area contributed by atoms with Gasteiger partial charge >= 0.3 is 5.97 Å². The van der Waals surface area contributed by atoms with E-state index in [9.17, 15) is 9.59 Å². The first-order chi connectivity index (χ1) is 16.0. The minimum absolute atomic E-state index is 0.136. The molecule has 0 amide bonds. The highest BCUT2D eigenvalue weighted by atomic mass is 127. The number of hydrogen-bond acceptors (Lipinski definition) is 7. The van der Waals surface area contributed by atoms with E-state index in [1.54, 1.807) is 30.5 Å². The zero-order chi connectivity index (χ0) is 23.1. The Labute approximate surface area is 206 Å². The highest BCUT2D eigenvalue weighted by Crippen LogP contribution is 2.38. The third-order valence-electron chi connectivity index (χ3n) is 5.40. The number of carbonyl (C=O) groups excluding carboxylic acids is 1. The van der Waals surface area contributed by atoms with Gasteiger partial charge in [-0.25, -0.2) is 9.79 Å². The first-order valence-corrected chi connectivity index (χ1v) is 12.2. The average Bonchev–Trinajstić information content (AvgIpc) is 3.38. The fourth-order valence-corrected chi connectivity index (χ4v) is 5.31. The topological polar surface area (TPSA) is 79.1 Å². The highest BCUT2D eigenvalue weighted by molar-refractivity contribution is 14.1. The number of rotatable bonds is 4. The second-order valence-electron chi connectivity index (χ2n) is 7.47. The zero-order valence-electron chi connectivity index (χ0n) is 17.8. The monoisotopic (exact) mass is 574 g/mol. The largest absolute Gasteiger partial charge is 0.463 e. The lowest BCUT2D eigenvalue weighted by Gasteiger charge is -2.24. The number of thiazole rings is 1. The Bertz CT molecular complexity index is 1470. The molecule has 3 aromatic rings. The number of carbonyl (C=O) groups is 1. The van der Waals surface area contributed by atoms with Gasteiger partial charge in [0.05, 0.1) is 28.5 Å². The maximum atomic E-state index is 13.6. The first kappa shape index (κ1) is 21.9. The van der Waals surface area contributed by atoms with E-state index < -0.39 is 12.0 Å². The molecule has 0 spiro atoms. The van der Waals surface area contributed by atoms with Crippen LogP contribution < -0.4 is 24.4 Å². The molecule has 3 heterocycles. The van der Waals surface area contributed by atoms with Crippen LogP contribution in [0.4, 0.5) is 0 Å². The van der Waals surface area contributed by atoms with E-state index in [4.69, 9.17) is 14.2 Å². The number of nitrogens with zero attached hydrogens (tertiary/aromatic N) is 2. The summed E-state index contributed by atoms with van der Waals surface area (Å²) in [5.74, 6) is 0.711. The van der Waals surface area contributed by atoms with Gasteiger partial charge < -0.3 is 14.2 Å². The number of benzene rings is 2. The molecule has 2 aliphatic heterocycles. The van der Waals surface area contributed by atoms with Gasteiger partial charge in [-0.15, -0.1) is 0 Å². The van der Waals surface area contributed by atoms with Gasteiger partial charge in [0.2, 0.25) is 6.79 Å². The molecule has 33 heavy (non-hydrogen) atoms. The molecule has 0 fully saturated rings. The Kier molecular flexibility index (Phi) is 5.83. The average molecular weight is 574 g/mol. The summed E-state index contributed by atoms with van der Waals surface area (Å²) in [5.41, 5.74) is 2.29. The Balaban J connectivity index is 1.72. The van der Waals surface area contributed by atoms with Gasteiger partial charge in [-0.05, 0) is 77.9 Å². The molecule has 5 rings (SSSR count). The number of hydrogen-bond donors (Lipinski definition) is 0. The minimum Gasteiger partial charge on any atom is -0.463 e. The predicted molar refractivity (Wildman–Crippen MR) is 132 cm³/mol. The van der Waals surface area contributed by atoms with E-state index in [1.165, 1.54) is 11.3 Å². The number of esters is 1. The molecular formula is C24H19IN2O5S. The summed E-state index contributed by atoms with van der Waals surface area (Å²) in [5, 5.41) is 0. The molecule has 0 unspecified atom stereocenters. The summed E-state index contributed by atoms with van der Waals surface area (Å²) >= 11 is 3.54. The van der Waals surface area contributed by atoms with Crippen molar-refractivity contribution in [2.45, 2.75) is 19.9 Å². The van der Waals surface area contributed by atoms with E-state index in [0.29, 0.717) is 32.1 Å². The van der Waals surface area contributed by atoms with Crippen molar-refractivity contribution < 1.29 is 19.0 Å². The Morgan fingerprint density at radius 3 is 2.76 bits per heavy atom. The van der Waals surface area contributed by atoms with Gasteiger partial charge in [0.25, 0.3) is 5.56 Å². The molecular weight excluding hydrogens is 555 g/mol. The van der Waals surface area contributed by atoms with Crippen LogP contribution in [-0.2, 0) is 9.53 Å². The van der Waals surface area contributed by atoms with Crippen LogP contribution in [0, 0.1) is 3.57 Å². The highest BCUT2D eigenvalue weighted by Gasteiger charge is 2.34. The van der Waals surface area contributed by atoms with Crippen LogP contribution in [0.1, 0.15) is 31.0 Å². The van der Waals surface area contributed by atoms with Crippen molar-refractivity contribution in [2.75, 3.05) is 13.4 Å². The maximum absolute atomic E-state index is 13.6. The maximum Gasteiger partial charge on any atom is 0.338 e. The van der Waals surface area contributed by atoms with Crippen LogP contribution >= 0.6 is 33.9 Å². The van der Waals surface area contributed by atoms with Crippen molar-refractivity contribution >= 4 is 46.0 Å². The van der Waals surface area contributed by atoms with Gasteiger partial charge in [-0.3, -0.25) is 9.36 Å². The number of fused-ring (bicyclic) bond motifs is 2. The molecule has 1 atom stereocenters.